The number of carbonyl (C=O) groups excluding carboxylic acids is 1. The second kappa shape index (κ2) is 12.0. The number of nitrogens with one attached hydrogen (secondary N) is 2. The minimum absolute atomic E-state index is 0.152. The highest BCUT2D eigenvalue weighted by molar-refractivity contribution is 5.98. The lowest BCUT2D eigenvalue weighted by Gasteiger charge is -2.17. The maximum Gasteiger partial charge on any atom is 0.326 e. The van der Waals surface area contributed by atoms with E-state index in [0.717, 1.165) is 12.0 Å². The summed E-state index contributed by atoms with van der Waals surface area (Å²) in [6.07, 6.45) is 2.08. The zero-order valence-corrected chi connectivity index (χ0v) is 20.3. The molecular weight excluding hydrogens is 446 g/mol. The summed E-state index contributed by atoms with van der Waals surface area (Å²) >= 11 is 0. The van der Waals surface area contributed by atoms with Gasteiger partial charge in [-0.25, -0.2) is 9.78 Å². The Labute approximate surface area is 204 Å². The van der Waals surface area contributed by atoms with Gasteiger partial charge in [0.2, 0.25) is 0 Å². The number of aliphatic carboxylic acids is 1. The lowest BCUT2D eigenvalue weighted by Crippen LogP contribution is -2.42. The van der Waals surface area contributed by atoms with Crippen LogP contribution in [0.15, 0.2) is 53.3 Å². The number of hydrogen-bond acceptors (Lipinski definition) is 5. The molecule has 1 amide bonds. The van der Waals surface area contributed by atoms with Crippen molar-refractivity contribution in [1.82, 2.24) is 15.3 Å². The van der Waals surface area contributed by atoms with Crippen molar-refractivity contribution in [1.29, 1.82) is 0 Å². The monoisotopic (exact) mass is 477 g/mol. The fourth-order valence-electron chi connectivity index (χ4n) is 3.81. The molecule has 1 aromatic heterocycles. The van der Waals surface area contributed by atoms with Crippen molar-refractivity contribution >= 4 is 11.9 Å². The van der Waals surface area contributed by atoms with Gasteiger partial charge in [-0.15, -0.1) is 0 Å². The number of hydrogen-bond donors (Lipinski definition) is 3. The zero-order chi connectivity index (χ0) is 25.4. The first-order chi connectivity index (χ1) is 16.9. The van der Waals surface area contributed by atoms with Crippen LogP contribution in [0.4, 0.5) is 0 Å². The van der Waals surface area contributed by atoms with E-state index in [9.17, 15) is 19.5 Å². The van der Waals surface area contributed by atoms with Crippen LogP contribution in [0.1, 0.15) is 54.4 Å². The Kier molecular flexibility index (Phi) is 8.78. The topological polar surface area (TPSA) is 121 Å². The molecule has 8 heteroatoms. The first-order valence-corrected chi connectivity index (χ1v) is 11.8. The summed E-state index contributed by atoms with van der Waals surface area (Å²) in [6, 6.07) is 12.8. The van der Waals surface area contributed by atoms with Crippen molar-refractivity contribution in [3.8, 4) is 17.1 Å². The summed E-state index contributed by atoms with van der Waals surface area (Å²) in [5.74, 6) is -0.875. The number of carbonyl (C=O) groups is 2. The quantitative estimate of drug-likeness (QED) is 0.386. The van der Waals surface area contributed by atoms with Crippen molar-refractivity contribution in [3.05, 3.63) is 81.3 Å². The van der Waals surface area contributed by atoms with Crippen LogP contribution >= 0.6 is 0 Å². The average Bonchev–Trinajstić information content (AvgIpc) is 2.86. The van der Waals surface area contributed by atoms with E-state index < -0.39 is 17.9 Å². The molecule has 0 saturated carbocycles. The van der Waals surface area contributed by atoms with Crippen LogP contribution in [0.5, 0.6) is 5.75 Å². The number of rotatable bonds is 11. The molecule has 0 saturated heterocycles. The summed E-state index contributed by atoms with van der Waals surface area (Å²) in [5.41, 5.74) is 2.61. The second-order valence-electron chi connectivity index (χ2n) is 8.16. The van der Waals surface area contributed by atoms with Crippen LogP contribution in [0, 0.1) is 0 Å². The van der Waals surface area contributed by atoms with Crippen LogP contribution in [-0.2, 0) is 24.1 Å². The molecule has 1 atom stereocenters. The van der Waals surface area contributed by atoms with E-state index in [1.165, 1.54) is 0 Å². The third-order valence-electron chi connectivity index (χ3n) is 5.63. The van der Waals surface area contributed by atoms with E-state index in [4.69, 9.17) is 4.74 Å². The fraction of sp³-hybridized carbons (Fsp3) is 0.333. The van der Waals surface area contributed by atoms with Gasteiger partial charge in [0, 0.05) is 17.5 Å². The normalized spacial score (nSPS) is 11.6. The Bertz CT molecular complexity index is 1240. The molecule has 0 fully saturated rings. The van der Waals surface area contributed by atoms with Gasteiger partial charge in [0.25, 0.3) is 11.5 Å². The Morgan fingerprint density at radius 3 is 2.46 bits per heavy atom. The number of nitrogens with zero attached hydrogens (tertiary/aromatic N) is 1. The third-order valence-corrected chi connectivity index (χ3v) is 5.63. The van der Waals surface area contributed by atoms with Crippen LogP contribution in [0.2, 0.25) is 0 Å². The molecule has 1 heterocycles. The number of aromatic amines is 1. The van der Waals surface area contributed by atoms with Crippen LogP contribution in [0.25, 0.3) is 11.4 Å². The molecule has 0 spiro atoms. The first kappa shape index (κ1) is 25.7. The number of ether oxygens (including phenoxy) is 1. The van der Waals surface area contributed by atoms with E-state index in [0.29, 0.717) is 47.8 Å². The molecule has 0 radical (unpaired) electrons. The van der Waals surface area contributed by atoms with Gasteiger partial charge in [-0.1, -0.05) is 51.1 Å². The van der Waals surface area contributed by atoms with Gasteiger partial charge in [0.1, 0.15) is 17.6 Å². The molecule has 8 nitrogen and oxygen atoms in total. The van der Waals surface area contributed by atoms with Gasteiger partial charge >= 0.3 is 5.97 Å². The highest BCUT2D eigenvalue weighted by atomic mass is 16.5. The predicted octanol–water partition coefficient (Wildman–Crippen LogP) is 3.78. The predicted molar refractivity (Wildman–Crippen MR) is 134 cm³/mol. The number of amides is 1. The maximum atomic E-state index is 13.0. The molecule has 1 unspecified atom stereocenters. The van der Waals surface area contributed by atoms with Crippen molar-refractivity contribution in [2.75, 3.05) is 6.61 Å². The van der Waals surface area contributed by atoms with E-state index in [-0.39, 0.29) is 17.5 Å². The molecule has 0 aliphatic carbocycles. The van der Waals surface area contributed by atoms with Gasteiger partial charge in [0.05, 0.1) is 17.9 Å². The minimum atomic E-state index is -1.13. The number of H-pyrrole nitrogens is 1. The first-order valence-electron chi connectivity index (χ1n) is 11.8. The SMILES string of the molecule is CCCOc1ccc(C(=O)NC(Cc2ccccc2)C(=O)O)cc1-c1nc(CC)c(CC)c(=O)[nH]1. The Balaban J connectivity index is 1.97. The van der Waals surface area contributed by atoms with Crippen LogP contribution in [0.3, 0.4) is 0 Å². The molecule has 0 aliphatic heterocycles. The molecule has 3 rings (SSSR count). The number of aryl methyl sites for hydroxylation is 1. The molecule has 35 heavy (non-hydrogen) atoms. The molecular formula is C27H31N3O5. The van der Waals surface area contributed by atoms with E-state index in [1.54, 1.807) is 18.2 Å². The highest BCUT2D eigenvalue weighted by Gasteiger charge is 2.23. The fourth-order valence-corrected chi connectivity index (χ4v) is 3.81. The zero-order valence-electron chi connectivity index (χ0n) is 20.3. The van der Waals surface area contributed by atoms with Crippen molar-refractivity contribution in [3.63, 3.8) is 0 Å². The molecule has 3 N–H and O–H groups in total. The van der Waals surface area contributed by atoms with E-state index in [2.05, 4.69) is 15.3 Å². The van der Waals surface area contributed by atoms with E-state index >= 15 is 0 Å². The molecule has 3 aromatic rings. The lowest BCUT2D eigenvalue weighted by atomic mass is 10.0. The maximum absolute atomic E-state index is 13.0. The van der Waals surface area contributed by atoms with Crippen LogP contribution < -0.4 is 15.6 Å². The average molecular weight is 478 g/mol. The number of carboxylic acids is 1. The lowest BCUT2D eigenvalue weighted by molar-refractivity contribution is -0.139. The number of aromatic nitrogens is 2. The summed E-state index contributed by atoms with van der Waals surface area (Å²) in [6.45, 7) is 6.27. The highest BCUT2D eigenvalue weighted by Crippen LogP contribution is 2.29. The Morgan fingerprint density at radius 2 is 1.83 bits per heavy atom. The van der Waals surface area contributed by atoms with E-state index in [1.807, 2.05) is 51.1 Å². The summed E-state index contributed by atoms with van der Waals surface area (Å²) < 4.78 is 5.86. The van der Waals surface area contributed by atoms with Crippen LogP contribution in [-0.4, -0.2) is 39.6 Å². The summed E-state index contributed by atoms with van der Waals surface area (Å²) in [5, 5.41) is 12.3. The summed E-state index contributed by atoms with van der Waals surface area (Å²) in [4.78, 5) is 45.0. The molecule has 0 aliphatic rings. The molecule has 2 aromatic carbocycles. The van der Waals surface area contributed by atoms with Gasteiger partial charge in [-0.05, 0) is 43.0 Å². The second-order valence-corrected chi connectivity index (χ2v) is 8.16. The number of benzene rings is 2. The van der Waals surface area contributed by atoms with Gasteiger partial charge in [-0.2, -0.15) is 0 Å². The van der Waals surface area contributed by atoms with Gasteiger partial charge < -0.3 is 20.1 Å². The smallest absolute Gasteiger partial charge is 0.326 e. The Hall–Kier alpha value is -3.94. The largest absolute Gasteiger partial charge is 0.493 e. The van der Waals surface area contributed by atoms with Gasteiger partial charge in [0.15, 0.2) is 0 Å². The van der Waals surface area contributed by atoms with Crippen molar-refractivity contribution < 1.29 is 19.4 Å². The number of carboxylic acid groups (broad SMARTS) is 1. The molecule has 0 bridgehead atoms. The van der Waals surface area contributed by atoms with Crippen molar-refractivity contribution in [2.45, 2.75) is 52.5 Å². The summed E-state index contributed by atoms with van der Waals surface area (Å²) in [7, 11) is 0. The van der Waals surface area contributed by atoms with Gasteiger partial charge in [-0.3, -0.25) is 9.59 Å². The van der Waals surface area contributed by atoms with Crippen molar-refractivity contribution in [2.24, 2.45) is 0 Å². The standard InChI is InChI=1S/C27H31N3O5/c1-4-14-35-23-13-12-18(16-20(23)24-28-21(6-3)19(5-2)26(32)30-24)25(31)29-22(27(33)34)15-17-10-8-7-9-11-17/h7-13,16,22H,4-6,14-15H2,1-3H3,(H,29,31)(H,33,34)(H,28,30,32). The molecule has 184 valence electrons. The third kappa shape index (κ3) is 6.35. The Morgan fingerprint density at radius 1 is 1.09 bits per heavy atom. The minimum Gasteiger partial charge on any atom is -0.493 e.